The molecule has 1 saturated heterocycles. The summed E-state index contributed by atoms with van der Waals surface area (Å²) in [5.41, 5.74) is 1.07. The van der Waals surface area contributed by atoms with Crippen LogP contribution in [0.2, 0.25) is 0 Å². The SMILES string of the molecule is COc1ccc(/C=C2/SC(=S)N(CC(=O)Nc3cccc(C(=O)O)c3)C2=O)cc1OC. The van der Waals surface area contributed by atoms with Crippen molar-refractivity contribution < 1.29 is 29.0 Å². The van der Waals surface area contributed by atoms with Gasteiger partial charge in [0.25, 0.3) is 5.91 Å². The van der Waals surface area contributed by atoms with Crippen LogP contribution in [0.4, 0.5) is 5.69 Å². The lowest BCUT2D eigenvalue weighted by Crippen LogP contribution is -2.36. The third kappa shape index (κ3) is 5.22. The Morgan fingerprint density at radius 2 is 1.90 bits per heavy atom. The number of carboxylic acid groups (broad SMARTS) is 1. The van der Waals surface area contributed by atoms with E-state index in [4.69, 9.17) is 26.8 Å². The fraction of sp³-hybridized carbons (Fsp3) is 0.143. The minimum Gasteiger partial charge on any atom is -0.493 e. The molecule has 0 aliphatic carbocycles. The van der Waals surface area contributed by atoms with Crippen molar-refractivity contribution in [3.8, 4) is 11.5 Å². The van der Waals surface area contributed by atoms with Gasteiger partial charge in [-0.1, -0.05) is 36.1 Å². The number of carbonyl (C=O) groups is 3. The standard InChI is InChI=1S/C21H18N2O6S2/c1-28-15-7-6-12(8-16(15)29-2)9-17-19(25)23(21(30)31-17)11-18(24)22-14-5-3-4-13(10-14)20(26)27/h3-10H,11H2,1-2H3,(H,22,24)(H,26,27)/b17-9+. The monoisotopic (exact) mass is 458 g/mol. The molecule has 2 N–H and O–H groups in total. The van der Waals surface area contributed by atoms with Crippen LogP contribution in [0.15, 0.2) is 47.4 Å². The number of benzene rings is 2. The average molecular weight is 459 g/mol. The van der Waals surface area contributed by atoms with E-state index >= 15 is 0 Å². The number of aromatic carboxylic acids is 1. The van der Waals surface area contributed by atoms with E-state index < -0.39 is 11.9 Å². The van der Waals surface area contributed by atoms with Gasteiger partial charge >= 0.3 is 5.97 Å². The number of rotatable bonds is 7. The number of carbonyl (C=O) groups excluding carboxylic acids is 2. The predicted octanol–water partition coefficient (Wildman–Crippen LogP) is 3.24. The van der Waals surface area contributed by atoms with Crippen LogP contribution >= 0.6 is 24.0 Å². The molecule has 0 bridgehead atoms. The zero-order valence-corrected chi connectivity index (χ0v) is 18.2. The lowest BCUT2D eigenvalue weighted by Gasteiger charge is -2.14. The number of anilines is 1. The molecule has 0 radical (unpaired) electrons. The highest BCUT2D eigenvalue weighted by Gasteiger charge is 2.33. The summed E-state index contributed by atoms with van der Waals surface area (Å²) in [7, 11) is 3.05. The van der Waals surface area contributed by atoms with Crippen molar-refractivity contribution in [1.82, 2.24) is 4.90 Å². The number of amides is 2. The molecule has 1 heterocycles. The molecule has 0 unspecified atom stereocenters. The summed E-state index contributed by atoms with van der Waals surface area (Å²) in [6.07, 6.45) is 1.66. The number of ether oxygens (including phenoxy) is 2. The molecule has 1 fully saturated rings. The molecule has 31 heavy (non-hydrogen) atoms. The lowest BCUT2D eigenvalue weighted by molar-refractivity contribution is -0.126. The number of hydrogen-bond acceptors (Lipinski definition) is 7. The Hall–Kier alpha value is -3.37. The summed E-state index contributed by atoms with van der Waals surface area (Å²) in [6.45, 7) is -0.286. The third-order valence-corrected chi connectivity index (χ3v) is 5.65. The van der Waals surface area contributed by atoms with E-state index in [0.29, 0.717) is 27.7 Å². The van der Waals surface area contributed by atoms with Crippen molar-refractivity contribution in [2.24, 2.45) is 0 Å². The van der Waals surface area contributed by atoms with Crippen molar-refractivity contribution >= 4 is 57.8 Å². The average Bonchev–Trinajstić information content (AvgIpc) is 3.01. The van der Waals surface area contributed by atoms with Crippen LogP contribution in [0, 0.1) is 0 Å². The van der Waals surface area contributed by atoms with E-state index in [2.05, 4.69) is 5.32 Å². The van der Waals surface area contributed by atoms with E-state index in [9.17, 15) is 14.4 Å². The first kappa shape index (κ1) is 22.3. The second-order valence-electron chi connectivity index (χ2n) is 6.32. The summed E-state index contributed by atoms with van der Waals surface area (Å²) >= 11 is 6.36. The number of hydrogen-bond donors (Lipinski definition) is 2. The molecule has 160 valence electrons. The summed E-state index contributed by atoms with van der Waals surface area (Å²) in [5, 5.41) is 11.6. The zero-order valence-electron chi connectivity index (χ0n) is 16.6. The van der Waals surface area contributed by atoms with E-state index in [1.165, 1.54) is 37.3 Å². The van der Waals surface area contributed by atoms with Crippen molar-refractivity contribution in [2.45, 2.75) is 0 Å². The molecule has 0 saturated carbocycles. The van der Waals surface area contributed by atoms with Gasteiger partial charge in [-0.2, -0.15) is 0 Å². The maximum absolute atomic E-state index is 12.8. The molecule has 2 aromatic carbocycles. The second kappa shape index (κ2) is 9.63. The van der Waals surface area contributed by atoms with Crippen LogP contribution in [0.5, 0.6) is 11.5 Å². The number of thioether (sulfide) groups is 1. The van der Waals surface area contributed by atoms with E-state index in [1.54, 1.807) is 30.3 Å². The van der Waals surface area contributed by atoms with Crippen LogP contribution in [-0.2, 0) is 9.59 Å². The van der Waals surface area contributed by atoms with Crippen LogP contribution in [0.25, 0.3) is 6.08 Å². The molecule has 3 rings (SSSR count). The number of nitrogens with one attached hydrogen (secondary N) is 1. The second-order valence-corrected chi connectivity index (χ2v) is 7.99. The Kier molecular flexibility index (Phi) is 6.93. The minimum atomic E-state index is -1.10. The molecule has 2 amide bonds. The number of thiocarbonyl (C=S) groups is 1. The zero-order chi connectivity index (χ0) is 22.5. The molecule has 0 aromatic heterocycles. The Morgan fingerprint density at radius 3 is 2.58 bits per heavy atom. The molecule has 8 nitrogen and oxygen atoms in total. The van der Waals surface area contributed by atoms with Crippen LogP contribution in [0.1, 0.15) is 15.9 Å². The van der Waals surface area contributed by atoms with Gasteiger partial charge in [0.1, 0.15) is 10.9 Å². The Balaban J connectivity index is 1.71. The minimum absolute atomic E-state index is 0.0428. The van der Waals surface area contributed by atoms with Gasteiger partial charge in [0.2, 0.25) is 5.91 Å². The highest BCUT2D eigenvalue weighted by atomic mass is 32.2. The fourth-order valence-electron chi connectivity index (χ4n) is 2.80. The number of nitrogens with zero attached hydrogens (tertiary/aromatic N) is 1. The van der Waals surface area contributed by atoms with Crippen molar-refractivity contribution in [3.63, 3.8) is 0 Å². The molecular weight excluding hydrogens is 440 g/mol. The van der Waals surface area contributed by atoms with Crippen molar-refractivity contribution in [3.05, 3.63) is 58.5 Å². The van der Waals surface area contributed by atoms with Gasteiger partial charge in [-0.3, -0.25) is 14.5 Å². The van der Waals surface area contributed by atoms with Crippen LogP contribution < -0.4 is 14.8 Å². The highest BCUT2D eigenvalue weighted by Crippen LogP contribution is 2.34. The number of carboxylic acids is 1. The van der Waals surface area contributed by atoms with Gasteiger partial charge in [0.05, 0.1) is 24.7 Å². The van der Waals surface area contributed by atoms with Crippen molar-refractivity contribution in [2.75, 3.05) is 26.1 Å². The third-order valence-electron chi connectivity index (χ3n) is 4.27. The Bertz CT molecular complexity index is 1100. The van der Waals surface area contributed by atoms with Gasteiger partial charge in [-0.15, -0.1) is 0 Å². The van der Waals surface area contributed by atoms with Crippen LogP contribution in [-0.4, -0.2) is 52.9 Å². The Morgan fingerprint density at radius 1 is 1.16 bits per heavy atom. The molecule has 2 aromatic rings. The fourth-order valence-corrected chi connectivity index (χ4v) is 4.06. The first-order valence-corrected chi connectivity index (χ1v) is 10.2. The molecule has 1 aliphatic rings. The normalized spacial score (nSPS) is 14.6. The largest absolute Gasteiger partial charge is 0.493 e. The van der Waals surface area contributed by atoms with Gasteiger partial charge in [0.15, 0.2) is 11.5 Å². The molecule has 0 atom stereocenters. The molecule has 10 heteroatoms. The van der Waals surface area contributed by atoms with Crippen molar-refractivity contribution in [1.29, 1.82) is 0 Å². The van der Waals surface area contributed by atoms with Gasteiger partial charge < -0.3 is 19.9 Å². The van der Waals surface area contributed by atoms with Crippen LogP contribution in [0.3, 0.4) is 0 Å². The van der Waals surface area contributed by atoms with Gasteiger partial charge in [-0.05, 0) is 42.0 Å². The maximum Gasteiger partial charge on any atom is 0.335 e. The summed E-state index contributed by atoms with van der Waals surface area (Å²) in [6, 6.07) is 11.1. The topological polar surface area (TPSA) is 105 Å². The summed E-state index contributed by atoms with van der Waals surface area (Å²) in [4.78, 5) is 37.8. The molecule has 1 aliphatic heterocycles. The molecule has 0 spiro atoms. The smallest absolute Gasteiger partial charge is 0.335 e. The lowest BCUT2D eigenvalue weighted by atomic mass is 10.2. The first-order chi connectivity index (χ1) is 14.8. The Labute approximate surface area is 187 Å². The predicted molar refractivity (Wildman–Crippen MR) is 121 cm³/mol. The molecular formula is C21H18N2O6S2. The maximum atomic E-state index is 12.8. The van der Waals surface area contributed by atoms with Gasteiger partial charge in [-0.25, -0.2) is 4.79 Å². The van der Waals surface area contributed by atoms with E-state index in [0.717, 1.165) is 11.8 Å². The summed E-state index contributed by atoms with van der Waals surface area (Å²) < 4.78 is 10.7. The van der Waals surface area contributed by atoms with E-state index in [1.807, 2.05) is 0 Å². The number of methoxy groups -OCH3 is 2. The van der Waals surface area contributed by atoms with Gasteiger partial charge in [0, 0.05) is 5.69 Å². The first-order valence-electron chi connectivity index (χ1n) is 8.93. The quantitative estimate of drug-likeness (QED) is 0.481. The summed E-state index contributed by atoms with van der Waals surface area (Å²) in [5.74, 6) is -0.899. The highest BCUT2D eigenvalue weighted by molar-refractivity contribution is 8.26. The van der Waals surface area contributed by atoms with E-state index in [-0.39, 0.29) is 22.3 Å².